The first-order valence-corrected chi connectivity index (χ1v) is 4.38. The number of nitrogens with one attached hydrogen (secondary N) is 1. The highest BCUT2D eigenvalue weighted by Crippen LogP contribution is 2.15. The quantitative estimate of drug-likeness (QED) is 0.649. The third-order valence-electron chi connectivity index (χ3n) is 2.26. The molecule has 64 valence electrons. The van der Waals surface area contributed by atoms with Crippen molar-refractivity contribution >= 4 is 5.78 Å². The van der Waals surface area contributed by atoms with E-state index in [1.54, 1.807) is 0 Å². The fraction of sp³-hybridized carbons (Fsp3) is 0.889. The van der Waals surface area contributed by atoms with Gasteiger partial charge in [-0.1, -0.05) is 20.8 Å². The Hall–Kier alpha value is -0.370. The zero-order valence-corrected chi connectivity index (χ0v) is 7.55. The molecule has 1 heterocycles. The molecule has 0 aromatic carbocycles. The first-order chi connectivity index (χ1) is 5.11. The Kier molecular flexibility index (Phi) is 2.66. The average Bonchev–Trinajstić information content (AvgIpc) is 2.34. The van der Waals surface area contributed by atoms with Gasteiger partial charge in [-0.3, -0.25) is 4.79 Å². The molecule has 0 spiro atoms. The Labute approximate surface area is 68.4 Å². The Morgan fingerprint density at radius 3 is 2.55 bits per heavy atom. The van der Waals surface area contributed by atoms with Crippen molar-refractivity contribution in [2.45, 2.75) is 33.2 Å². The summed E-state index contributed by atoms with van der Waals surface area (Å²) in [5.74, 6) is 1.22. The lowest BCUT2D eigenvalue weighted by Crippen LogP contribution is -2.33. The summed E-state index contributed by atoms with van der Waals surface area (Å²) in [6, 6.07) is 0.144. The first-order valence-electron chi connectivity index (χ1n) is 4.38. The van der Waals surface area contributed by atoms with E-state index in [1.807, 2.05) is 13.8 Å². The molecule has 2 atom stereocenters. The lowest BCUT2D eigenvalue weighted by Gasteiger charge is -2.10. The number of Topliss-reactive ketones (excluding diaryl/α,β-unsaturated/α-hetero) is 1. The van der Waals surface area contributed by atoms with Gasteiger partial charge in [0.25, 0.3) is 0 Å². The molecule has 1 fully saturated rings. The van der Waals surface area contributed by atoms with Gasteiger partial charge in [0.15, 0.2) is 5.78 Å². The highest BCUT2D eigenvalue weighted by molar-refractivity contribution is 5.85. The lowest BCUT2D eigenvalue weighted by atomic mass is 9.98. The van der Waals surface area contributed by atoms with Crippen molar-refractivity contribution in [3.63, 3.8) is 0 Å². The molecule has 11 heavy (non-hydrogen) atoms. The molecular weight excluding hydrogens is 138 g/mol. The van der Waals surface area contributed by atoms with Crippen LogP contribution < -0.4 is 5.32 Å². The Morgan fingerprint density at radius 2 is 2.18 bits per heavy atom. The van der Waals surface area contributed by atoms with Crippen LogP contribution in [0.5, 0.6) is 0 Å². The second-order valence-corrected chi connectivity index (χ2v) is 3.86. The molecule has 0 unspecified atom stereocenters. The van der Waals surface area contributed by atoms with Gasteiger partial charge in [0, 0.05) is 5.92 Å². The van der Waals surface area contributed by atoms with E-state index in [1.165, 1.54) is 0 Å². The van der Waals surface area contributed by atoms with Gasteiger partial charge < -0.3 is 5.32 Å². The average molecular weight is 155 g/mol. The number of hydrogen-bond donors (Lipinski definition) is 1. The smallest absolute Gasteiger partial charge is 0.152 e. The van der Waals surface area contributed by atoms with E-state index in [-0.39, 0.29) is 12.0 Å². The molecular formula is C9H17NO. The topological polar surface area (TPSA) is 29.1 Å². The number of ketones is 1. The minimum atomic E-state index is 0.144. The van der Waals surface area contributed by atoms with Gasteiger partial charge in [0.2, 0.25) is 0 Å². The number of carbonyl (C=O) groups is 1. The SMILES string of the molecule is CC(C)C(=O)[C@@H]1C[C@@H](C)CN1. The Balaban J connectivity index is 2.43. The molecule has 1 N–H and O–H groups in total. The summed E-state index contributed by atoms with van der Waals surface area (Å²) in [5.41, 5.74) is 0. The van der Waals surface area contributed by atoms with Crippen molar-refractivity contribution in [1.82, 2.24) is 5.32 Å². The molecule has 1 saturated heterocycles. The van der Waals surface area contributed by atoms with Gasteiger partial charge in [-0.15, -0.1) is 0 Å². The molecule has 1 rings (SSSR count). The predicted molar refractivity (Wildman–Crippen MR) is 45.4 cm³/mol. The van der Waals surface area contributed by atoms with Crippen LogP contribution in [-0.2, 0) is 4.79 Å². The van der Waals surface area contributed by atoms with E-state index in [0.717, 1.165) is 13.0 Å². The molecule has 0 saturated carbocycles. The van der Waals surface area contributed by atoms with Crippen LogP contribution in [0.4, 0.5) is 0 Å². The molecule has 0 aromatic heterocycles. The third kappa shape index (κ3) is 2.03. The highest BCUT2D eigenvalue weighted by Gasteiger charge is 2.27. The van der Waals surface area contributed by atoms with Crippen LogP contribution in [0.2, 0.25) is 0 Å². The number of carbonyl (C=O) groups excluding carboxylic acids is 1. The van der Waals surface area contributed by atoms with Crippen LogP contribution in [0, 0.1) is 11.8 Å². The van der Waals surface area contributed by atoms with Gasteiger partial charge in [0.1, 0.15) is 0 Å². The van der Waals surface area contributed by atoms with Gasteiger partial charge in [-0.2, -0.15) is 0 Å². The van der Waals surface area contributed by atoms with Crippen molar-refractivity contribution in [3.05, 3.63) is 0 Å². The van der Waals surface area contributed by atoms with Crippen molar-refractivity contribution in [2.24, 2.45) is 11.8 Å². The number of hydrogen-bond acceptors (Lipinski definition) is 2. The van der Waals surface area contributed by atoms with Crippen LogP contribution >= 0.6 is 0 Å². The van der Waals surface area contributed by atoms with Crippen molar-refractivity contribution in [2.75, 3.05) is 6.54 Å². The highest BCUT2D eigenvalue weighted by atomic mass is 16.1. The molecule has 0 amide bonds. The van der Waals surface area contributed by atoms with Crippen LogP contribution in [0.3, 0.4) is 0 Å². The minimum absolute atomic E-state index is 0.144. The lowest BCUT2D eigenvalue weighted by molar-refractivity contribution is -0.123. The summed E-state index contributed by atoms with van der Waals surface area (Å²) in [4.78, 5) is 11.4. The summed E-state index contributed by atoms with van der Waals surface area (Å²) < 4.78 is 0. The Bertz CT molecular complexity index is 154. The van der Waals surface area contributed by atoms with Gasteiger partial charge in [0.05, 0.1) is 6.04 Å². The van der Waals surface area contributed by atoms with Crippen molar-refractivity contribution < 1.29 is 4.79 Å². The molecule has 1 aliphatic rings. The summed E-state index contributed by atoms with van der Waals surface area (Å²) in [6.07, 6.45) is 1.02. The fourth-order valence-electron chi connectivity index (χ4n) is 1.53. The van der Waals surface area contributed by atoms with Crippen molar-refractivity contribution in [1.29, 1.82) is 0 Å². The Morgan fingerprint density at radius 1 is 1.55 bits per heavy atom. The number of rotatable bonds is 2. The van der Waals surface area contributed by atoms with Crippen LogP contribution in [0.25, 0.3) is 0 Å². The van der Waals surface area contributed by atoms with Gasteiger partial charge in [-0.25, -0.2) is 0 Å². The van der Waals surface area contributed by atoms with Crippen LogP contribution in [0.1, 0.15) is 27.2 Å². The molecule has 1 aliphatic heterocycles. The van der Waals surface area contributed by atoms with Crippen molar-refractivity contribution in [3.8, 4) is 0 Å². The molecule has 2 heteroatoms. The molecule has 0 bridgehead atoms. The predicted octanol–water partition coefficient (Wildman–Crippen LogP) is 1.21. The summed E-state index contributed by atoms with van der Waals surface area (Å²) in [7, 11) is 0. The summed E-state index contributed by atoms with van der Waals surface area (Å²) in [5, 5.41) is 3.24. The standard InChI is InChI=1S/C9H17NO/c1-6(2)9(11)8-4-7(3)5-10-8/h6-8,10H,4-5H2,1-3H3/t7-,8+/m1/s1. The van der Waals surface area contributed by atoms with E-state index in [4.69, 9.17) is 0 Å². The largest absolute Gasteiger partial charge is 0.307 e. The van der Waals surface area contributed by atoms with E-state index in [2.05, 4.69) is 12.2 Å². The van der Waals surface area contributed by atoms with E-state index in [0.29, 0.717) is 11.7 Å². The van der Waals surface area contributed by atoms with Crippen LogP contribution in [0.15, 0.2) is 0 Å². The van der Waals surface area contributed by atoms with E-state index >= 15 is 0 Å². The van der Waals surface area contributed by atoms with Gasteiger partial charge >= 0.3 is 0 Å². The zero-order chi connectivity index (χ0) is 8.43. The maximum absolute atomic E-state index is 11.4. The molecule has 0 aromatic rings. The maximum atomic E-state index is 11.4. The fourth-order valence-corrected chi connectivity index (χ4v) is 1.53. The summed E-state index contributed by atoms with van der Waals surface area (Å²) >= 11 is 0. The molecule has 0 aliphatic carbocycles. The molecule has 0 radical (unpaired) electrons. The second kappa shape index (κ2) is 3.35. The van der Waals surface area contributed by atoms with Crippen LogP contribution in [-0.4, -0.2) is 18.4 Å². The van der Waals surface area contributed by atoms with E-state index in [9.17, 15) is 4.79 Å². The minimum Gasteiger partial charge on any atom is -0.307 e. The summed E-state index contributed by atoms with van der Waals surface area (Å²) in [6.45, 7) is 7.11. The zero-order valence-electron chi connectivity index (χ0n) is 7.55. The first kappa shape index (κ1) is 8.72. The van der Waals surface area contributed by atoms with Gasteiger partial charge in [-0.05, 0) is 18.9 Å². The normalized spacial score (nSPS) is 31.3. The maximum Gasteiger partial charge on any atom is 0.152 e. The van der Waals surface area contributed by atoms with E-state index < -0.39 is 0 Å². The molecule has 2 nitrogen and oxygen atoms in total. The monoisotopic (exact) mass is 155 g/mol. The third-order valence-corrected chi connectivity index (χ3v) is 2.26. The second-order valence-electron chi connectivity index (χ2n) is 3.86.